The molecule has 0 aliphatic rings. The van der Waals surface area contributed by atoms with E-state index in [2.05, 4.69) is 4.18 Å². The molecule has 0 bridgehead atoms. The summed E-state index contributed by atoms with van der Waals surface area (Å²) in [5, 5.41) is 10.8. The quantitative estimate of drug-likeness (QED) is 0.358. The van der Waals surface area contributed by atoms with Crippen molar-refractivity contribution in [1.29, 1.82) is 0 Å². The van der Waals surface area contributed by atoms with Gasteiger partial charge < -0.3 is 0 Å². The van der Waals surface area contributed by atoms with E-state index in [1.165, 1.54) is 12.1 Å². The van der Waals surface area contributed by atoms with Crippen molar-refractivity contribution in [3.8, 4) is 0 Å². The molecule has 20 heavy (non-hydrogen) atoms. The topological polar surface area (TPSA) is 86.5 Å². The van der Waals surface area contributed by atoms with Crippen LogP contribution >= 0.6 is 11.6 Å². The van der Waals surface area contributed by atoms with E-state index in [1.807, 2.05) is 0 Å². The minimum absolute atomic E-state index is 0.0109. The second-order valence-corrected chi connectivity index (χ2v) is 5.55. The van der Waals surface area contributed by atoms with E-state index >= 15 is 0 Å². The van der Waals surface area contributed by atoms with Crippen LogP contribution in [0.25, 0.3) is 0 Å². The number of alkyl halides is 3. The summed E-state index contributed by atoms with van der Waals surface area (Å²) < 4.78 is 60.9. The highest BCUT2D eigenvalue weighted by molar-refractivity contribution is 7.87. The third-order valence-corrected chi connectivity index (χ3v) is 3.42. The van der Waals surface area contributed by atoms with Crippen molar-refractivity contribution in [3.05, 3.63) is 38.9 Å². The Kier molecular flexibility index (Phi) is 4.95. The molecule has 11 heteroatoms. The first kappa shape index (κ1) is 16.7. The van der Waals surface area contributed by atoms with Crippen LogP contribution in [0.1, 0.15) is 5.56 Å². The Balaban J connectivity index is 2.80. The van der Waals surface area contributed by atoms with Gasteiger partial charge in [-0.15, -0.1) is 0 Å². The van der Waals surface area contributed by atoms with Crippen LogP contribution in [0.4, 0.5) is 18.9 Å². The number of rotatable bonds is 5. The van der Waals surface area contributed by atoms with Gasteiger partial charge in [-0.1, -0.05) is 17.7 Å². The van der Waals surface area contributed by atoms with Crippen LogP contribution in [0.2, 0.25) is 5.02 Å². The van der Waals surface area contributed by atoms with Crippen LogP contribution in [0.15, 0.2) is 18.2 Å². The molecule has 1 aromatic carbocycles. The number of nitrogens with zero attached hydrogens (tertiary/aromatic N) is 1. The zero-order valence-corrected chi connectivity index (χ0v) is 11.1. The first-order valence-electron chi connectivity index (χ1n) is 4.93. The van der Waals surface area contributed by atoms with Gasteiger partial charge in [-0.3, -0.25) is 14.3 Å². The minimum atomic E-state index is -5.71. The van der Waals surface area contributed by atoms with E-state index in [9.17, 15) is 31.7 Å². The molecule has 0 fully saturated rings. The van der Waals surface area contributed by atoms with Gasteiger partial charge in [0, 0.05) is 23.1 Å². The molecule has 0 aliphatic carbocycles. The van der Waals surface area contributed by atoms with E-state index < -0.39 is 32.8 Å². The average molecular weight is 334 g/mol. The molecule has 0 aliphatic heterocycles. The van der Waals surface area contributed by atoms with Crippen molar-refractivity contribution in [3.63, 3.8) is 0 Å². The molecule has 112 valence electrons. The summed E-state index contributed by atoms with van der Waals surface area (Å²) in [6.45, 7) is -0.871. The molecule has 0 N–H and O–H groups in total. The van der Waals surface area contributed by atoms with Crippen LogP contribution in [-0.2, 0) is 20.7 Å². The molecule has 0 aromatic heterocycles. The molecule has 0 amide bonds. The number of halogens is 4. The fourth-order valence-electron chi connectivity index (χ4n) is 1.25. The summed E-state index contributed by atoms with van der Waals surface area (Å²) in [6, 6.07) is 3.52. The second-order valence-electron chi connectivity index (χ2n) is 3.50. The van der Waals surface area contributed by atoms with Crippen LogP contribution in [0.3, 0.4) is 0 Å². The summed E-state index contributed by atoms with van der Waals surface area (Å²) in [4.78, 5) is 9.92. The van der Waals surface area contributed by atoms with E-state index in [0.717, 1.165) is 6.07 Å². The van der Waals surface area contributed by atoms with Crippen molar-refractivity contribution in [2.24, 2.45) is 0 Å². The fourth-order valence-corrected chi connectivity index (χ4v) is 1.85. The molecule has 1 aromatic rings. The summed E-state index contributed by atoms with van der Waals surface area (Å²) in [7, 11) is -5.71. The highest BCUT2D eigenvalue weighted by Crippen LogP contribution is 2.26. The summed E-state index contributed by atoms with van der Waals surface area (Å²) in [5.41, 5.74) is -5.94. The summed E-state index contributed by atoms with van der Waals surface area (Å²) in [6.07, 6.45) is -0.386. The number of benzene rings is 1. The molecule has 6 nitrogen and oxygen atoms in total. The number of nitro groups is 1. The van der Waals surface area contributed by atoms with Crippen molar-refractivity contribution in [1.82, 2.24) is 0 Å². The smallest absolute Gasteiger partial charge is 0.263 e. The Morgan fingerprint density at radius 1 is 1.35 bits per heavy atom. The Morgan fingerprint density at radius 2 is 1.95 bits per heavy atom. The normalized spacial score (nSPS) is 12.4. The van der Waals surface area contributed by atoms with Gasteiger partial charge in [0.2, 0.25) is 0 Å². The first-order chi connectivity index (χ1) is 9.04. The predicted molar refractivity (Wildman–Crippen MR) is 62.7 cm³/mol. The highest BCUT2D eigenvalue weighted by Gasteiger charge is 2.47. The van der Waals surface area contributed by atoms with Crippen LogP contribution in [-0.4, -0.2) is 25.5 Å². The van der Waals surface area contributed by atoms with Gasteiger partial charge in [0.05, 0.1) is 11.5 Å². The lowest BCUT2D eigenvalue weighted by molar-refractivity contribution is -0.385. The van der Waals surface area contributed by atoms with Crippen molar-refractivity contribution < 1.29 is 30.7 Å². The van der Waals surface area contributed by atoms with E-state index in [1.54, 1.807) is 0 Å². The van der Waals surface area contributed by atoms with Crippen LogP contribution < -0.4 is 0 Å². The summed E-state index contributed by atoms with van der Waals surface area (Å²) >= 11 is 5.55. The molecular weight excluding hydrogens is 327 g/mol. The predicted octanol–water partition coefficient (Wildman–Crippen LogP) is 2.66. The Hall–Kier alpha value is -1.39. The van der Waals surface area contributed by atoms with Gasteiger partial charge >= 0.3 is 15.6 Å². The molecule has 0 saturated carbocycles. The lowest BCUT2D eigenvalue weighted by Gasteiger charge is -2.08. The first-order valence-corrected chi connectivity index (χ1v) is 6.72. The SMILES string of the molecule is O=[N+]([O-])c1cc(Cl)ccc1CCOS(=O)(=O)C(F)(F)F. The molecule has 0 unspecified atom stereocenters. The Morgan fingerprint density at radius 3 is 2.45 bits per heavy atom. The maximum atomic E-state index is 12.0. The maximum absolute atomic E-state index is 12.0. The van der Waals surface area contributed by atoms with Crippen LogP contribution in [0, 0.1) is 10.1 Å². The lowest BCUT2D eigenvalue weighted by Crippen LogP contribution is -2.26. The monoisotopic (exact) mass is 333 g/mol. The Bertz CT molecular complexity index is 616. The average Bonchev–Trinajstić information content (AvgIpc) is 2.29. The molecule has 0 spiro atoms. The molecule has 0 atom stereocenters. The summed E-state index contributed by atoms with van der Waals surface area (Å²) in [5.74, 6) is 0. The van der Waals surface area contributed by atoms with E-state index in [0.29, 0.717) is 0 Å². The second kappa shape index (κ2) is 5.94. The van der Waals surface area contributed by atoms with Gasteiger partial charge in [-0.05, 0) is 6.07 Å². The zero-order chi connectivity index (χ0) is 15.6. The molecule has 0 heterocycles. The Labute approximate surface area is 116 Å². The molecule has 1 rings (SSSR count). The fraction of sp³-hybridized carbons (Fsp3) is 0.333. The molecule has 0 radical (unpaired) electrons. The highest BCUT2D eigenvalue weighted by atomic mass is 35.5. The molecule has 0 saturated heterocycles. The van der Waals surface area contributed by atoms with Gasteiger partial charge in [0.25, 0.3) is 5.69 Å². The van der Waals surface area contributed by atoms with E-state index in [-0.39, 0.29) is 17.0 Å². The lowest BCUT2D eigenvalue weighted by atomic mass is 10.1. The number of hydrogen-bond donors (Lipinski definition) is 0. The van der Waals surface area contributed by atoms with E-state index in [4.69, 9.17) is 11.6 Å². The van der Waals surface area contributed by atoms with Crippen LogP contribution in [0.5, 0.6) is 0 Å². The van der Waals surface area contributed by atoms with Gasteiger partial charge in [-0.25, -0.2) is 0 Å². The zero-order valence-electron chi connectivity index (χ0n) is 9.55. The van der Waals surface area contributed by atoms with Gasteiger partial charge in [0.15, 0.2) is 0 Å². The third-order valence-electron chi connectivity index (χ3n) is 2.14. The van der Waals surface area contributed by atoms with Crippen molar-refractivity contribution in [2.45, 2.75) is 11.9 Å². The standard InChI is InChI=1S/C9H7ClF3NO5S/c10-7-2-1-6(8(5-7)14(15)16)3-4-19-20(17,18)9(11,12)13/h1-2,5H,3-4H2. The van der Waals surface area contributed by atoms with Crippen molar-refractivity contribution in [2.75, 3.05) is 6.61 Å². The third kappa shape index (κ3) is 4.05. The number of nitro benzene ring substituents is 1. The minimum Gasteiger partial charge on any atom is -0.263 e. The largest absolute Gasteiger partial charge is 0.523 e. The number of hydrogen-bond acceptors (Lipinski definition) is 5. The maximum Gasteiger partial charge on any atom is 0.523 e. The molecular formula is C9H7ClF3NO5S. The van der Waals surface area contributed by atoms with Gasteiger partial charge in [-0.2, -0.15) is 21.6 Å². The van der Waals surface area contributed by atoms with Crippen molar-refractivity contribution >= 4 is 27.4 Å². The van der Waals surface area contributed by atoms with Gasteiger partial charge in [0.1, 0.15) is 0 Å².